The zero-order valence-electron chi connectivity index (χ0n) is 19.9. The number of piperidine rings is 2. The quantitative estimate of drug-likeness (QED) is 0.603. The third kappa shape index (κ3) is 3.18. The third-order valence-corrected chi connectivity index (χ3v) is 9.29. The average Bonchev–Trinajstić information content (AvgIpc) is 3.42. The van der Waals surface area contributed by atoms with E-state index in [1.807, 2.05) is 30.3 Å². The van der Waals surface area contributed by atoms with Crippen LogP contribution in [0.4, 0.5) is 0 Å². The number of nitrogens with one attached hydrogen (secondary N) is 2. The van der Waals surface area contributed by atoms with E-state index in [1.165, 1.54) is 12.8 Å². The van der Waals surface area contributed by atoms with Gasteiger partial charge in [0.2, 0.25) is 5.91 Å². The largest absolute Gasteiger partial charge is 0.490 e. The van der Waals surface area contributed by atoms with Crippen LogP contribution < -0.4 is 15.4 Å². The van der Waals surface area contributed by atoms with Gasteiger partial charge in [-0.2, -0.15) is 0 Å². The molecule has 4 heterocycles. The Morgan fingerprint density at radius 2 is 1.81 bits per heavy atom. The van der Waals surface area contributed by atoms with E-state index in [4.69, 9.17) is 16.3 Å². The number of ether oxygens (including phenoxy) is 1. The Balaban J connectivity index is 1.25. The molecule has 2 aliphatic carbocycles. The van der Waals surface area contributed by atoms with E-state index in [-0.39, 0.29) is 41.7 Å². The van der Waals surface area contributed by atoms with Crippen LogP contribution in [0.3, 0.4) is 0 Å². The molecule has 2 bridgehead atoms. The molecule has 7 nitrogen and oxygen atoms in total. The fourth-order valence-corrected chi connectivity index (χ4v) is 7.05. The van der Waals surface area contributed by atoms with Gasteiger partial charge in [-0.1, -0.05) is 29.8 Å². The van der Waals surface area contributed by atoms with Gasteiger partial charge in [0.25, 0.3) is 11.8 Å². The lowest BCUT2D eigenvalue weighted by Gasteiger charge is -2.53. The molecule has 8 heteroatoms. The summed E-state index contributed by atoms with van der Waals surface area (Å²) in [6, 6.07) is 11.9. The highest BCUT2D eigenvalue weighted by molar-refractivity contribution is 6.31. The van der Waals surface area contributed by atoms with Crippen LogP contribution in [0.1, 0.15) is 77.5 Å². The van der Waals surface area contributed by atoms with Crippen molar-refractivity contribution in [2.75, 3.05) is 6.54 Å². The van der Waals surface area contributed by atoms with Crippen LogP contribution in [-0.2, 0) is 16.1 Å². The summed E-state index contributed by atoms with van der Waals surface area (Å²) in [7, 11) is 0. The van der Waals surface area contributed by atoms with Gasteiger partial charge in [-0.3, -0.25) is 19.7 Å². The zero-order chi connectivity index (χ0) is 24.6. The second-order valence-electron chi connectivity index (χ2n) is 10.9. The molecule has 4 aliphatic heterocycles. The number of nitrogens with zero attached hydrogens (tertiary/aromatic N) is 1. The molecule has 2 aromatic carbocycles. The summed E-state index contributed by atoms with van der Waals surface area (Å²) < 4.78 is 6.56. The third-order valence-electron chi connectivity index (χ3n) is 8.95. The van der Waals surface area contributed by atoms with E-state index in [0.29, 0.717) is 24.9 Å². The normalized spacial score (nSPS) is 31.1. The summed E-state index contributed by atoms with van der Waals surface area (Å²) in [5.41, 5.74) is 2.65. The van der Waals surface area contributed by atoms with Gasteiger partial charge in [-0.05, 0) is 67.9 Å². The lowest BCUT2D eigenvalue weighted by Crippen LogP contribution is -2.73. The molecule has 0 radical (unpaired) electrons. The molecule has 6 aliphatic rings. The molecule has 186 valence electrons. The second kappa shape index (κ2) is 8.05. The van der Waals surface area contributed by atoms with E-state index in [0.717, 1.165) is 46.8 Å². The van der Waals surface area contributed by atoms with Gasteiger partial charge in [0.15, 0.2) is 0 Å². The second-order valence-corrected chi connectivity index (χ2v) is 11.3. The van der Waals surface area contributed by atoms with Gasteiger partial charge in [0.05, 0.1) is 6.10 Å². The Labute approximate surface area is 214 Å². The van der Waals surface area contributed by atoms with Gasteiger partial charge in [-0.25, -0.2) is 0 Å². The Morgan fingerprint density at radius 3 is 2.50 bits per heavy atom. The standard InChI is InChI=1S/C28H28ClN3O4/c29-22-8-4-3-7-18(22)21-13-30-24(21)20-10-19-15(9-23(20)36-17-5-1-2-6-17)14-32(26(19)34)28-11-16(12-28)25(33)31-27(28)35/h3-4,7-10,16-17,21,24,30H,1-2,5-6,11-14H2,(H,31,33,35). The van der Waals surface area contributed by atoms with Crippen LogP contribution in [0.15, 0.2) is 36.4 Å². The minimum absolute atomic E-state index is 0.0182. The number of carbonyl (C=O) groups is 3. The topological polar surface area (TPSA) is 87.7 Å². The summed E-state index contributed by atoms with van der Waals surface area (Å²) >= 11 is 6.55. The molecule has 2 saturated carbocycles. The average molecular weight is 506 g/mol. The van der Waals surface area contributed by atoms with Crippen LogP contribution in [-0.4, -0.2) is 40.8 Å². The molecule has 2 unspecified atom stereocenters. The van der Waals surface area contributed by atoms with E-state index < -0.39 is 5.54 Å². The van der Waals surface area contributed by atoms with E-state index >= 15 is 0 Å². The maximum atomic E-state index is 13.7. The number of hydrogen-bond donors (Lipinski definition) is 2. The Hall–Kier alpha value is -2.90. The first-order chi connectivity index (χ1) is 17.4. The van der Waals surface area contributed by atoms with Gasteiger partial charge < -0.3 is 15.0 Å². The maximum absolute atomic E-state index is 13.7. The monoisotopic (exact) mass is 505 g/mol. The van der Waals surface area contributed by atoms with Crippen molar-refractivity contribution >= 4 is 29.3 Å². The molecule has 2 atom stereocenters. The van der Waals surface area contributed by atoms with E-state index in [1.54, 1.807) is 4.90 Å². The van der Waals surface area contributed by atoms with Gasteiger partial charge in [0, 0.05) is 47.1 Å². The van der Waals surface area contributed by atoms with Gasteiger partial charge in [0.1, 0.15) is 11.3 Å². The summed E-state index contributed by atoms with van der Waals surface area (Å²) in [5.74, 6) is 0.0931. The predicted molar refractivity (Wildman–Crippen MR) is 133 cm³/mol. The summed E-state index contributed by atoms with van der Waals surface area (Å²) in [6.45, 7) is 1.16. The summed E-state index contributed by atoms with van der Waals surface area (Å²) in [5, 5.41) is 6.75. The van der Waals surface area contributed by atoms with Crippen molar-refractivity contribution in [1.29, 1.82) is 0 Å². The van der Waals surface area contributed by atoms with Crippen molar-refractivity contribution < 1.29 is 19.1 Å². The predicted octanol–water partition coefficient (Wildman–Crippen LogP) is 3.85. The van der Waals surface area contributed by atoms with Crippen molar-refractivity contribution in [1.82, 2.24) is 15.5 Å². The van der Waals surface area contributed by atoms with Crippen LogP contribution >= 0.6 is 11.6 Å². The first kappa shape index (κ1) is 22.3. The van der Waals surface area contributed by atoms with Crippen LogP contribution in [0.25, 0.3) is 0 Å². The number of amides is 3. The zero-order valence-corrected chi connectivity index (χ0v) is 20.6. The van der Waals surface area contributed by atoms with E-state index in [9.17, 15) is 14.4 Å². The number of halogens is 1. The minimum Gasteiger partial charge on any atom is -0.490 e. The number of fused-ring (bicyclic) bond motifs is 3. The molecular formula is C28H28ClN3O4. The molecule has 3 amide bonds. The molecule has 2 N–H and O–H groups in total. The molecular weight excluding hydrogens is 478 g/mol. The first-order valence-corrected chi connectivity index (χ1v) is 13.3. The molecule has 3 saturated heterocycles. The van der Waals surface area contributed by atoms with Crippen molar-refractivity contribution in [3.05, 3.63) is 63.7 Å². The van der Waals surface area contributed by atoms with Crippen LogP contribution in [0, 0.1) is 5.92 Å². The molecule has 5 fully saturated rings. The number of imide groups is 1. The number of hydrogen-bond acceptors (Lipinski definition) is 5. The number of benzene rings is 2. The minimum atomic E-state index is -0.921. The Bertz CT molecular complexity index is 1300. The van der Waals surface area contributed by atoms with Crippen molar-refractivity contribution in [3.63, 3.8) is 0 Å². The van der Waals surface area contributed by atoms with E-state index in [2.05, 4.69) is 16.7 Å². The molecule has 8 rings (SSSR count). The molecule has 0 aromatic heterocycles. The Morgan fingerprint density at radius 1 is 1.03 bits per heavy atom. The summed E-state index contributed by atoms with van der Waals surface area (Å²) in [4.78, 5) is 40.2. The highest BCUT2D eigenvalue weighted by Crippen LogP contribution is 2.50. The summed E-state index contributed by atoms with van der Waals surface area (Å²) in [6.07, 6.45) is 5.40. The lowest BCUT2D eigenvalue weighted by atomic mass is 9.63. The number of rotatable bonds is 5. The highest BCUT2D eigenvalue weighted by Gasteiger charge is 2.63. The molecule has 2 aromatic rings. The lowest BCUT2D eigenvalue weighted by molar-refractivity contribution is -0.160. The van der Waals surface area contributed by atoms with Crippen molar-refractivity contribution in [2.45, 2.75) is 68.7 Å². The SMILES string of the molecule is O=C1NC(=O)C2(N3Cc4cc(OC5CCCC5)c(C5NCC5c5ccccc5Cl)cc4C3=O)CC1C2. The fraction of sp³-hybridized carbons (Fsp3) is 0.464. The Kier molecular flexibility index (Phi) is 4.99. The first-order valence-electron chi connectivity index (χ1n) is 12.9. The smallest absolute Gasteiger partial charge is 0.255 e. The highest BCUT2D eigenvalue weighted by atomic mass is 35.5. The fourth-order valence-electron chi connectivity index (χ4n) is 6.78. The maximum Gasteiger partial charge on any atom is 0.255 e. The van der Waals surface area contributed by atoms with Crippen LogP contribution in [0.2, 0.25) is 5.02 Å². The van der Waals surface area contributed by atoms with Crippen LogP contribution in [0.5, 0.6) is 5.75 Å². The van der Waals surface area contributed by atoms with Gasteiger partial charge >= 0.3 is 0 Å². The molecule has 36 heavy (non-hydrogen) atoms. The van der Waals surface area contributed by atoms with Crippen molar-refractivity contribution in [3.8, 4) is 5.75 Å². The van der Waals surface area contributed by atoms with Crippen molar-refractivity contribution in [2.24, 2.45) is 5.92 Å². The molecule has 0 spiro atoms. The van der Waals surface area contributed by atoms with Gasteiger partial charge in [-0.15, -0.1) is 0 Å². The number of carbonyl (C=O) groups excluding carboxylic acids is 3.